The van der Waals surface area contributed by atoms with E-state index in [4.69, 9.17) is 5.73 Å². The smallest absolute Gasteiger partial charge is 0.332 e. The topological polar surface area (TPSA) is 67.5 Å². The quantitative estimate of drug-likeness (QED) is 0.569. The van der Waals surface area contributed by atoms with Crippen LogP contribution in [-0.2, 0) is 0 Å². The second-order valence-corrected chi connectivity index (χ2v) is 4.00. The highest BCUT2D eigenvalue weighted by Crippen LogP contribution is 2.34. The SMILES string of the molecule is CC1(C)CCC(=NNC(N)=O)C1. The number of rotatable bonds is 1. The summed E-state index contributed by atoms with van der Waals surface area (Å²) < 4.78 is 0. The number of amides is 2. The summed E-state index contributed by atoms with van der Waals surface area (Å²) in [6.07, 6.45) is 3.05. The first kappa shape index (κ1) is 9.03. The van der Waals surface area contributed by atoms with Crippen molar-refractivity contribution in [3.63, 3.8) is 0 Å². The van der Waals surface area contributed by atoms with Gasteiger partial charge in [0.15, 0.2) is 0 Å². The zero-order valence-electron chi connectivity index (χ0n) is 7.55. The van der Waals surface area contributed by atoms with Crippen LogP contribution in [0.15, 0.2) is 5.10 Å². The van der Waals surface area contributed by atoms with Crippen LogP contribution in [0.25, 0.3) is 0 Å². The normalized spacial score (nSPS) is 24.3. The number of carbonyl (C=O) groups excluding carboxylic acids is 1. The van der Waals surface area contributed by atoms with Crippen molar-refractivity contribution in [2.24, 2.45) is 16.3 Å². The van der Waals surface area contributed by atoms with Crippen LogP contribution in [0.5, 0.6) is 0 Å². The van der Waals surface area contributed by atoms with Crippen LogP contribution in [-0.4, -0.2) is 11.7 Å². The summed E-state index contributed by atoms with van der Waals surface area (Å²) in [5.41, 5.74) is 8.51. The maximum atomic E-state index is 10.3. The zero-order valence-corrected chi connectivity index (χ0v) is 7.55. The molecule has 12 heavy (non-hydrogen) atoms. The molecule has 2 amide bonds. The Labute approximate surface area is 72.2 Å². The van der Waals surface area contributed by atoms with Gasteiger partial charge in [0.05, 0.1) is 0 Å². The summed E-state index contributed by atoms with van der Waals surface area (Å²) >= 11 is 0. The van der Waals surface area contributed by atoms with Crippen LogP contribution < -0.4 is 11.2 Å². The van der Waals surface area contributed by atoms with Gasteiger partial charge in [-0.15, -0.1) is 0 Å². The van der Waals surface area contributed by atoms with Gasteiger partial charge in [-0.05, 0) is 24.7 Å². The van der Waals surface area contributed by atoms with Crippen LogP contribution in [0.2, 0.25) is 0 Å². The first-order valence-corrected chi connectivity index (χ1v) is 4.10. The van der Waals surface area contributed by atoms with Crippen molar-refractivity contribution in [3.8, 4) is 0 Å². The van der Waals surface area contributed by atoms with Gasteiger partial charge >= 0.3 is 6.03 Å². The van der Waals surface area contributed by atoms with Crippen LogP contribution in [0.4, 0.5) is 4.79 Å². The Bertz CT molecular complexity index is 220. The van der Waals surface area contributed by atoms with Gasteiger partial charge < -0.3 is 5.73 Å². The van der Waals surface area contributed by atoms with Gasteiger partial charge in [-0.3, -0.25) is 0 Å². The van der Waals surface area contributed by atoms with Gasteiger partial charge in [0.1, 0.15) is 0 Å². The minimum absolute atomic E-state index is 0.332. The molecular weight excluding hydrogens is 154 g/mol. The fourth-order valence-electron chi connectivity index (χ4n) is 1.44. The van der Waals surface area contributed by atoms with Crippen molar-refractivity contribution in [3.05, 3.63) is 0 Å². The van der Waals surface area contributed by atoms with Crippen molar-refractivity contribution in [1.82, 2.24) is 5.43 Å². The number of nitrogens with one attached hydrogen (secondary N) is 1. The number of hydrazone groups is 1. The molecule has 0 spiro atoms. The van der Waals surface area contributed by atoms with E-state index < -0.39 is 6.03 Å². The third-order valence-corrected chi connectivity index (χ3v) is 2.10. The number of carbonyl (C=O) groups is 1. The average molecular weight is 169 g/mol. The van der Waals surface area contributed by atoms with E-state index in [9.17, 15) is 4.79 Å². The molecule has 0 radical (unpaired) electrons. The van der Waals surface area contributed by atoms with Gasteiger partial charge in [-0.25, -0.2) is 10.2 Å². The molecule has 0 heterocycles. The molecule has 1 saturated carbocycles. The molecule has 0 aliphatic heterocycles. The van der Waals surface area contributed by atoms with Gasteiger partial charge in [-0.2, -0.15) is 5.10 Å². The summed E-state index contributed by atoms with van der Waals surface area (Å²) in [6.45, 7) is 4.39. The monoisotopic (exact) mass is 169 g/mol. The predicted octanol–water partition coefficient (Wildman–Crippen LogP) is 1.22. The summed E-state index contributed by atoms with van der Waals surface area (Å²) in [5, 5.41) is 3.91. The molecule has 1 aliphatic carbocycles. The Hall–Kier alpha value is -1.06. The minimum Gasteiger partial charge on any atom is -0.350 e. The fraction of sp³-hybridized carbons (Fsp3) is 0.750. The Morgan fingerprint density at radius 3 is 2.75 bits per heavy atom. The lowest BCUT2D eigenvalue weighted by Gasteiger charge is -2.13. The first-order chi connectivity index (χ1) is 5.49. The zero-order chi connectivity index (χ0) is 9.19. The van der Waals surface area contributed by atoms with E-state index in [2.05, 4.69) is 24.4 Å². The third-order valence-electron chi connectivity index (χ3n) is 2.10. The van der Waals surface area contributed by atoms with Crippen molar-refractivity contribution in [2.45, 2.75) is 33.1 Å². The maximum Gasteiger partial charge on any atom is 0.332 e. The number of hydrogen-bond donors (Lipinski definition) is 2. The largest absolute Gasteiger partial charge is 0.350 e. The fourth-order valence-corrected chi connectivity index (χ4v) is 1.44. The lowest BCUT2D eigenvalue weighted by Crippen LogP contribution is -2.25. The third kappa shape index (κ3) is 2.53. The highest BCUT2D eigenvalue weighted by Gasteiger charge is 2.27. The maximum absolute atomic E-state index is 10.3. The molecule has 0 atom stereocenters. The molecule has 1 fully saturated rings. The second-order valence-electron chi connectivity index (χ2n) is 4.00. The van der Waals surface area contributed by atoms with Crippen LogP contribution in [0.1, 0.15) is 33.1 Å². The Morgan fingerprint density at radius 2 is 2.33 bits per heavy atom. The van der Waals surface area contributed by atoms with Gasteiger partial charge in [-0.1, -0.05) is 13.8 Å². The van der Waals surface area contributed by atoms with Gasteiger partial charge in [0.25, 0.3) is 0 Å². The molecule has 3 N–H and O–H groups in total. The number of primary amides is 1. The standard InChI is InChI=1S/C8H15N3O/c1-8(2)4-3-6(5-8)10-11-7(9)12/h3-5H2,1-2H3,(H3,9,11,12). The Kier molecular flexibility index (Phi) is 2.35. The molecule has 0 saturated heterocycles. The number of urea groups is 1. The molecule has 1 rings (SSSR count). The number of hydrogen-bond acceptors (Lipinski definition) is 2. The number of nitrogens with zero attached hydrogens (tertiary/aromatic N) is 1. The molecule has 68 valence electrons. The molecular formula is C8H15N3O. The van der Waals surface area contributed by atoms with Crippen molar-refractivity contribution in [1.29, 1.82) is 0 Å². The first-order valence-electron chi connectivity index (χ1n) is 4.10. The molecule has 0 unspecified atom stereocenters. The van der Waals surface area contributed by atoms with E-state index in [1.807, 2.05) is 0 Å². The van der Waals surface area contributed by atoms with Crippen LogP contribution >= 0.6 is 0 Å². The van der Waals surface area contributed by atoms with Crippen molar-refractivity contribution in [2.75, 3.05) is 0 Å². The second kappa shape index (κ2) is 3.13. The molecule has 4 heteroatoms. The van der Waals surface area contributed by atoms with Crippen LogP contribution in [0.3, 0.4) is 0 Å². The van der Waals surface area contributed by atoms with Crippen LogP contribution in [0, 0.1) is 5.41 Å². The van der Waals surface area contributed by atoms with E-state index in [0.29, 0.717) is 5.41 Å². The summed E-state index contributed by atoms with van der Waals surface area (Å²) in [6, 6.07) is -0.591. The number of nitrogens with two attached hydrogens (primary N) is 1. The molecule has 4 nitrogen and oxygen atoms in total. The average Bonchev–Trinajstić information content (AvgIpc) is 2.26. The lowest BCUT2D eigenvalue weighted by atomic mass is 9.92. The van der Waals surface area contributed by atoms with E-state index in [0.717, 1.165) is 25.0 Å². The van der Waals surface area contributed by atoms with E-state index in [1.165, 1.54) is 0 Å². The summed E-state index contributed by atoms with van der Waals surface area (Å²) in [7, 11) is 0. The molecule has 0 aromatic carbocycles. The molecule has 0 bridgehead atoms. The molecule has 1 aliphatic rings. The van der Waals surface area contributed by atoms with E-state index in [1.54, 1.807) is 0 Å². The van der Waals surface area contributed by atoms with E-state index in [-0.39, 0.29) is 0 Å². The summed E-state index contributed by atoms with van der Waals surface area (Å²) in [4.78, 5) is 10.3. The van der Waals surface area contributed by atoms with Gasteiger partial charge in [0.2, 0.25) is 0 Å². The van der Waals surface area contributed by atoms with Crippen molar-refractivity contribution < 1.29 is 4.79 Å². The lowest BCUT2D eigenvalue weighted by molar-refractivity contribution is 0.249. The van der Waals surface area contributed by atoms with Crippen molar-refractivity contribution >= 4 is 11.7 Å². The Balaban J connectivity index is 2.46. The highest BCUT2D eigenvalue weighted by molar-refractivity contribution is 5.88. The van der Waals surface area contributed by atoms with E-state index >= 15 is 0 Å². The summed E-state index contributed by atoms with van der Waals surface area (Å²) in [5.74, 6) is 0. The highest BCUT2D eigenvalue weighted by atomic mass is 16.2. The van der Waals surface area contributed by atoms with Gasteiger partial charge in [0, 0.05) is 5.71 Å². The Morgan fingerprint density at radius 1 is 1.67 bits per heavy atom. The molecule has 0 aromatic rings. The minimum atomic E-state index is -0.591. The predicted molar refractivity (Wildman–Crippen MR) is 47.8 cm³/mol. The molecule has 0 aromatic heterocycles.